The molecule has 4 atom stereocenters. The molecule has 2 aliphatic heterocycles. The van der Waals surface area contributed by atoms with Crippen molar-refractivity contribution in [2.75, 3.05) is 27.3 Å². The lowest BCUT2D eigenvalue weighted by atomic mass is 9.98. The van der Waals surface area contributed by atoms with Crippen molar-refractivity contribution in [3.63, 3.8) is 0 Å². The Kier molecular flexibility index (Phi) is 11.9. The SMILES string of the molecule is COC(=O)N[C@H](C(=O)N1CC(C)=CC1c1ncc(-c2ccc(-c3ccc4cc(-c5cnc([C@@H]6CCCN6C(=O)[C@@H](NC(=O)OC)C(C)C)[nH]5)ccc4c3)cc2)[nH]1)C(C)C. The second-order valence-corrected chi connectivity index (χ2v) is 16.0. The summed E-state index contributed by atoms with van der Waals surface area (Å²) in [6.07, 6.45) is 5.99. The Bertz CT molecular complexity index is 2380. The number of hydrogen-bond donors (Lipinski definition) is 4. The van der Waals surface area contributed by atoms with E-state index in [2.05, 4.69) is 86.2 Å². The minimum atomic E-state index is -0.732. The number of alkyl carbamates (subject to hydrolysis) is 2. The zero-order chi connectivity index (χ0) is 42.0. The molecule has 14 heteroatoms. The Balaban J connectivity index is 1.04. The second-order valence-electron chi connectivity index (χ2n) is 16.0. The van der Waals surface area contributed by atoms with E-state index in [1.807, 2.05) is 51.8 Å². The Morgan fingerprint density at radius 2 is 1.20 bits per heavy atom. The van der Waals surface area contributed by atoms with Gasteiger partial charge in [0, 0.05) is 18.7 Å². The molecule has 4 N–H and O–H groups in total. The third-order valence-corrected chi connectivity index (χ3v) is 11.3. The van der Waals surface area contributed by atoms with Crippen LogP contribution in [0.2, 0.25) is 0 Å². The molecule has 0 saturated carbocycles. The number of aromatic amines is 2. The highest BCUT2D eigenvalue weighted by Gasteiger charge is 2.38. The number of nitrogens with zero attached hydrogens (tertiary/aromatic N) is 4. The first-order chi connectivity index (χ1) is 28.3. The molecule has 2 aromatic heterocycles. The van der Waals surface area contributed by atoms with E-state index < -0.39 is 24.3 Å². The maximum absolute atomic E-state index is 13.7. The van der Waals surface area contributed by atoms with Gasteiger partial charge < -0.3 is 39.9 Å². The smallest absolute Gasteiger partial charge is 0.407 e. The highest BCUT2D eigenvalue weighted by molar-refractivity contribution is 5.91. The van der Waals surface area contributed by atoms with Crippen LogP contribution < -0.4 is 10.6 Å². The summed E-state index contributed by atoms with van der Waals surface area (Å²) in [7, 11) is 2.57. The average Bonchev–Trinajstić information content (AvgIpc) is 4.08. The Labute approximate surface area is 343 Å². The molecule has 7 rings (SSSR count). The molecule has 1 unspecified atom stereocenters. The van der Waals surface area contributed by atoms with Crippen molar-refractivity contribution in [1.82, 2.24) is 40.4 Å². The summed E-state index contributed by atoms with van der Waals surface area (Å²) in [4.78, 5) is 71.1. The van der Waals surface area contributed by atoms with Crippen molar-refractivity contribution in [2.45, 2.75) is 71.6 Å². The van der Waals surface area contributed by atoms with Crippen LogP contribution >= 0.6 is 0 Å². The molecule has 0 spiro atoms. The van der Waals surface area contributed by atoms with E-state index in [0.717, 1.165) is 68.7 Å². The van der Waals surface area contributed by atoms with E-state index >= 15 is 0 Å². The second kappa shape index (κ2) is 17.2. The number of H-pyrrole nitrogens is 2. The van der Waals surface area contributed by atoms with E-state index in [1.165, 1.54) is 14.2 Å². The Morgan fingerprint density at radius 3 is 1.81 bits per heavy atom. The summed E-state index contributed by atoms with van der Waals surface area (Å²) in [5.41, 5.74) is 6.85. The predicted octanol–water partition coefficient (Wildman–Crippen LogP) is 7.54. The van der Waals surface area contributed by atoms with Crippen molar-refractivity contribution >= 4 is 34.8 Å². The molecule has 0 aliphatic carbocycles. The minimum Gasteiger partial charge on any atom is -0.453 e. The molecule has 308 valence electrons. The third kappa shape index (κ3) is 8.57. The fourth-order valence-corrected chi connectivity index (χ4v) is 8.01. The molecule has 2 aliphatic rings. The van der Waals surface area contributed by atoms with Gasteiger partial charge in [0.1, 0.15) is 29.8 Å². The Hall–Kier alpha value is -6.44. The highest BCUT2D eigenvalue weighted by atomic mass is 16.5. The lowest BCUT2D eigenvalue weighted by Gasteiger charge is -2.30. The number of benzene rings is 3. The molecule has 3 aromatic carbocycles. The van der Waals surface area contributed by atoms with E-state index in [0.29, 0.717) is 18.9 Å². The number of carbonyl (C=O) groups excluding carboxylic acids is 4. The number of methoxy groups -OCH3 is 2. The molecule has 59 heavy (non-hydrogen) atoms. The van der Waals surface area contributed by atoms with Crippen molar-refractivity contribution in [1.29, 1.82) is 0 Å². The summed E-state index contributed by atoms with van der Waals surface area (Å²) in [6, 6.07) is 19.0. The number of hydrogen-bond acceptors (Lipinski definition) is 8. The van der Waals surface area contributed by atoms with E-state index in [1.54, 1.807) is 11.1 Å². The molecular formula is C45H52N8O6. The maximum Gasteiger partial charge on any atom is 0.407 e. The number of imidazole rings is 2. The zero-order valence-corrected chi connectivity index (χ0v) is 34.5. The van der Waals surface area contributed by atoms with E-state index in [4.69, 9.17) is 14.5 Å². The molecule has 4 amide bonds. The zero-order valence-electron chi connectivity index (χ0n) is 34.5. The lowest BCUT2D eigenvalue weighted by Crippen LogP contribution is -2.51. The summed E-state index contributed by atoms with van der Waals surface area (Å²) >= 11 is 0. The van der Waals surface area contributed by atoms with Crippen LogP contribution in [0.25, 0.3) is 44.4 Å². The number of rotatable bonds is 11. The van der Waals surface area contributed by atoms with Gasteiger partial charge in [0.05, 0.1) is 44.0 Å². The van der Waals surface area contributed by atoms with E-state index in [-0.39, 0.29) is 35.7 Å². The van der Waals surface area contributed by atoms with Gasteiger partial charge in [-0.3, -0.25) is 9.59 Å². The number of ether oxygens (including phenoxy) is 2. The van der Waals surface area contributed by atoms with Crippen LogP contribution in [0, 0.1) is 11.8 Å². The average molecular weight is 801 g/mol. The topological polar surface area (TPSA) is 175 Å². The number of fused-ring (bicyclic) bond motifs is 1. The van der Waals surface area contributed by atoms with Gasteiger partial charge in [0.15, 0.2) is 0 Å². The molecule has 1 fully saturated rings. The van der Waals surface area contributed by atoms with Gasteiger partial charge in [-0.25, -0.2) is 19.6 Å². The molecule has 5 aromatic rings. The van der Waals surface area contributed by atoms with Crippen molar-refractivity contribution in [2.24, 2.45) is 11.8 Å². The molecular weight excluding hydrogens is 749 g/mol. The van der Waals surface area contributed by atoms with Crippen LogP contribution in [0.3, 0.4) is 0 Å². The first-order valence-electron chi connectivity index (χ1n) is 20.1. The molecule has 0 radical (unpaired) electrons. The fourth-order valence-electron chi connectivity index (χ4n) is 8.01. The van der Waals surface area contributed by atoms with Gasteiger partial charge in [0.2, 0.25) is 11.8 Å². The number of nitrogens with one attached hydrogen (secondary N) is 4. The summed E-state index contributed by atoms with van der Waals surface area (Å²) < 4.78 is 9.54. The first kappa shape index (κ1) is 40.7. The van der Waals surface area contributed by atoms with Gasteiger partial charge >= 0.3 is 12.2 Å². The predicted molar refractivity (Wildman–Crippen MR) is 225 cm³/mol. The molecule has 1 saturated heterocycles. The molecule has 0 bridgehead atoms. The van der Waals surface area contributed by atoms with Crippen LogP contribution in [-0.4, -0.2) is 93.1 Å². The van der Waals surface area contributed by atoms with E-state index in [9.17, 15) is 19.2 Å². The van der Waals surface area contributed by atoms with Gasteiger partial charge in [-0.2, -0.15) is 0 Å². The lowest BCUT2D eigenvalue weighted by molar-refractivity contribution is -0.136. The van der Waals surface area contributed by atoms with Crippen LogP contribution in [0.15, 0.2) is 84.7 Å². The monoisotopic (exact) mass is 800 g/mol. The number of carbonyl (C=O) groups is 4. The summed E-state index contributed by atoms with van der Waals surface area (Å²) in [5, 5.41) is 7.57. The summed E-state index contributed by atoms with van der Waals surface area (Å²) in [6.45, 7) is 10.6. The van der Waals surface area contributed by atoms with Crippen LogP contribution in [0.4, 0.5) is 9.59 Å². The fraction of sp³-hybridized carbons (Fsp3) is 0.378. The van der Waals surface area contributed by atoms with Gasteiger partial charge in [0.25, 0.3) is 0 Å². The highest BCUT2D eigenvalue weighted by Crippen LogP contribution is 2.35. The summed E-state index contributed by atoms with van der Waals surface area (Å²) in [5.74, 6) is 0.798. The van der Waals surface area contributed by atoms with Crippen molar-refractivity contribution in [3.05, 3.63) is 96.4 Å². The quantitative estimate of drug-likeness (QED) is 0.0992. The van der Waals surface area contributed by atoms with Gasteiger partial charge in [-0.05, 0) is 71.2 Å². The first-order valence-corrected chi connectivity index (χ1v) is 20.1. The van der Waals surface area contributed by atoms with Crippen molar-refractivity contribution < 1.29 is 28.7 Å². The van der Waals surface area contributed by atoms with Gasteiger partial charge in [-0.15, -0.1) is 0 Å². The minimum absolute atomic E-state index is 0.107. The standard InChI is InChI=1S/C45H52N8O6/c1-25(2)38(50-44(56)58-6)42(54)52-18-8-9-36(52)40-46-23-35(49-40)33-17-16-31-20-30(14-15-32(31)21-33)28-10-12-29(13-11-28)34-22-47-41(48-34)37-19-27(5)24-53(37)43(55)39(26(3)4)51-45(57)59-7/h10-17,19-23,25-26,36-39H,8-9,18,24H2,1-7H3,(H,46,49)(H,47,48)(H,50,56)(H,51,57)/t36-,37?,38-,39-/m0/s1. The molecule has 4 heterocycles. The van der Waals surface area contributed by atoms with Gasteiger partial charge in [-0.1, -0.05) is 87.9 Å². The Morgan fingerprint density at radius 1 is 0.695 bits per heavy atom. The van der Waals surface area contributed by atoms with Crippen molar-refractivity contribution in [3.8, 4) is 33.6 Å². The number of amides is 4. The maximum atomic E-state index is 13.7. The largest absolute Gasteiger partial charge is 0.453 e. The van der Waals surface area contributed by atoms with Crippen LogP contribution in [0.1, 0.15) is 71.2 Å². The number of likely N-dealkylation sites (tertiary alicyclic amines) is 1. The number of aromatic nitrogens is 4. The normalized spacial score (nSPS) is 17.6. The third-order valence-electron chi connectivity index (χ3n) is 11.3. The van der Waals surface area contributed by atoms with Crippen LogP contribution in [0.5, 0.6) is 0 Å². The molecule has 14 nitrogen and oxygen atoms in total. The van der Waals surface area contributed by atoms with Crippen LogP contribution in [-0.2, 0) is 19.1 Å².